The molecule has 2 atom stereocenters. The monoisotopic (exact) mass is 403 g/mol. The molecule has 0 aliphatic heterocycles. The lowest BCUT2D eigenvalue weighted by Gasteiger charge is -2.50. The molecule has 29 heavy (non-hydrogen) atoms. The molecule has 1 aromatic heterocycles. The maximum Gasteiger partial charge on any atom is 0.340 e. The number of aldehydes is 1. The fraction of sp³-hybridized carbons (Fsp3) is 0.760. The van der Waals surface area contributed by atoms with Gasteiger partial charge in [0.1, 0.15) is 6.10 Å². The van der Waals surface area contributed by atoms with Gasteiger partial charge < -0.3 is 9.72 Å². The predicted octanol–water partition coefficient (Wildman–Crippen LogP) is 6.54. The van der Waals surface area contributed by atoms with Gasteiger partial charge in [-0.3, -0.25) is 4.79 Å². The second-order valence-corrected chi connectivity index (χ2v) is 11.6. The van der Waals surface area contributed by atoms with Crippen molar-refractivity contribution in [3.63, 3.8) is 0 Å². The van der Waals surface area contributed by atoms with Crippen LogP contribution in [-0.4, -0.2) is 23.3 Å². The molecule has 4 heteroatoms. The van der Waals surface area contributed by atoms with E-state index in [1.54, 1.807) is 0 Å². The van der Waals surface area contributed by atoms with Crippen molar-refractivity contribution in [2.45, 2.75) is 94.1 Å². The number of carbonyl (C=O) groups is 2. The summed E-state index contributed by atoms with van der Waals surface area (Å²) >= 11 is 0. The molecule has 1 saturated carbocycles. The van der Waals surface area contributed by atoms with Gasteiger partial charge >= 0.3 is 5.97 Å². The number of aromatic amines is 1. The van der Waals surface area contributed by atoms with Crippen LogP contribution in [0.3, 0.4) is 0 Å². The van der Waals surface area contributed by atoms with E-state index in [0.29, 0.717) is 34.7 Å². The topological polar surface area (TPSA) is 59.2 Å². The normalized spacial score (nSPS) is 25.9. The van der Waals surface area contributed by atoms with Crippen LogP contribution in [0.2, 0.25) is 0 Å². The van der Waals surface area contributed by atoms with E-state index < -0.39 is 0 Å². The molecule has 1 aromatic rings. The summed E-state index contributed by atoms with van der Waals surface area (Å²) in [4.78, 5) is 28.1. The molecule has 1 aliphatic carbocycles. The van der Waals surface area contributed by atoms with Crippen LogP contribution in [0.5, 0.6) is 0 Å². The smallest absolute Gasteiger partial charge is 0.340 e. The highest BCUT2D eigenvalue weighted by Crippen LogP contribution is 2.50. The largest absolute Gasteiger partial charge is 0.458 e. The highest BCUT2D eigenvalue weighted by atomic mass is 16.5. The summed E-state index contributed by atoms with van der Waals surface area (Å²) in [5.74, 6) is 0.975. The van der Waals surface area contributed by atoms with Gasteiger partial charge in [-0.2, -0.15) is 0 Å². The van der Waals surface area contributed by atoms with Crippen LogP contribution in [-0.2, 0) is 4.74 Å². The molecule has 4 nitrogen and oxygen atoms in total. The third-order valence-electron chi connectivity index (χ3n) is 6.73. The zero-order valence-corrected chi connectivity index (χ0v) is 20.1. The number of rotatable bonds is 4. The summed E-state index contributed by atoms with van der Waals surface area (Å²) in [6.07, 6.45) is 2.80. The van der Waals surface area contributed by atoms with E-state index in [4.69, 9.17) is 4.74 Å². The zero-order chi connectivity index (χ0) is 22.3. The summed E-state index contributed by atoms with van der Waals surface area (Å²) in [5, 5.41) is 0. The first-order valence-corrected chi connectivity index (χ1v) is 11.1. The van der Waals surface area contributed by atoms with Crippen molar-refractivity contribution in [2.75, 3.05) is 0 Å². The molecule has 164 valence electrons. The minimum absolute atomic E-state index is 0.0468. The van der Waals surface area contributed by atoms with Crippen molar-refractivity contribution in [2.24, 2.45) is 28.6 Å². The molecule has 1 aliphatic rings. The van der Waals surface area contributed by atoms with Crippen LogP contribution in [0.1, 0.15) is 113 Å². The number of hydrogen-bond acceptors (Lipinski definition) is 3. The predicted molar refractivity (Wildman–Crippen MR) is 118 cm³/mol. The van der Waals surface area contributed by atoms with Crippen molar-refractivity contribution >= 4 is 12.3 Å². The van der Waals surface area contributed by atoms with E-state index in [9.17, 15) is 9.59 Å². The second-order valence-electron chi connectivity index (χ2n) is 11.6. The lowest BCUT2D eigenvalue weighted by Crippen LogP contribution is -2.49. The first-order valence-electron chi connectivity index (χ1n) is 11.1. The summed E-state index contributed by atoms with van der Waals surface area (Å²) in [5.41, 5.74) is 2.61. The first kappa shape index (κ1) is 23.7. The second kappa shape index (κ2) is 8.28. The maximum atomic E-state index is 13.5. The van der Waals surface area contributed by atoms with Crippen molar-refractivity contribution in [1.29, 1.82) is 0 Å². The van der Waals surface area contributed by atoms with E-state index >= 15 is 0 Å². The van der Waals surface area contributed by atoms with Gasteiger partial charge in [0, 0.05) is 17.5 Å². The minimum atomic E-state index is -0.293. The number of hydrogen-bond donors (Lipinski definition) is 1. The third-order valence-corrected chi connectivity index (χ3v) is 6.73. The quantitative estimate of drug-likeness (QED) is 0.459. The molecular formula is C25H41NO3. The van der Waals surface area contributed by atoms with Crippen LogP contribution in [0.4, 0.5) is 0 Å². The molecule has 0 amide bonds. The molecule has 2 rings (SSSR count). The van der Waals surface area contributed by atoms with Crippen LogP contribution in [0.15, 0.2) is 0 Å². The number of H-pyrrole nitrogens is 1. The van der Waals surface area contributed by atoms with E-state index in [1.165, 1.54) is 0 Å². The van der Waals surface area contributed by atoms with Gasteiger partial charge in [0.05, 0.1) is 11.3 Å². The van der Waals surface area contributed by atoms with E-state index in [1.807, 2.05) is 20.8 Å². The summed E-state index contributed by atoms with van der Waals surface area (Å²) in [7, 11) is 0. The summed E-state index contributed by atoms with van der Waals surface area (Å²) in [6.45, 7) is 21.7. The Bertz CT molecular complexity index is 721. The molecule has 2 unspecified atom stereocenters. The molecule has 0 radical (unpaired) electrons. The molecule has 0 bridgehead atoms. The number of esters is 1. The van der Waals surface area contributed by atoms with Gasteiger partial charge in [-0.25, -0.2) is 4.79 Å². The van der Waals surface area contributed by atoms with Crippen LogP contribution in [0, 0.1) is 35.5 Å². The number of aryl methyl sites for hydroxylation is 1. The Kier molecular flexibility index (Phi) is 6.76. The number of aromatic nitrogens is 1. The van der Waals surface area contributed by atoms with Gasteiger partial charge in [0.25, 0.3) is 0 Å². The van der Waals surface area contributed by atoms with Gasteiger partial charge in [-0.05, 0) is 48.0 Å². The average molecular weight is 404 g/mol. The number of carbonyl (C=O) groups excluding carboxylic acids is 2. The van der Waals surface area contributed by atoms with Crippen LogP contribution >= 0.6 is 0 Å². The fourth-order valence-corrected chi connectivity index (χ4v) is 5.18. The summed E-state index contributed by atoms with van der Waals surface area (Å²) < 4.78 is 6.36. The fourth-order valence-electron chi connectivity index (χ4n) is 5.18. The Balaban J connectivity index is 2.49. The molecule has 0 spiro atoms. The highest BCUT2D eigenvalue weighted by Gasteiger charge is 2.48. The van der Waals surface area contributed by atoms with Gasteiger partial charge in [0.2, 0.25) is 0 Å². The Morgan fingerprint density at radius 3 is 1.93 bits per heavy atom. The molecule has 0 aromatic carbocycles. The SMILES string of the molecule is Cc1[nH]c(C=O)c(C(C)C)c1C(=O)OC1C(C(C)(C)C)CC(C)CC1C(C)(C)C. The van der Waals surface area contributed by atoms with Crippen LogP contribution in [0.25, 0.3) is 0 Å². The molecular weight excluding hydrogens is 362 g/mol. The lowest BCUT2D eigenvalue weighted by molar-refractivity contribution is -0.0924. The minimum Gasteiger partial charge on any atom is -0.458 e. The van der Waals surface area contributed by atoms with Crippen molar-refractivity contribution in [3.8, 4) is 0 Å². The average Bonchev–Trinajstić information content (AvgIpc) is 2.90. The lowest BCUT2D eigenvalue weighted by atomic mass is 9.59. The van der Waals surface area contributed by atoms with Crippen molar-refractivity contribution in [3.05, 3.63) is 22.5 Å². The zero-order valence-electron chi connectivity index (χ0n) is 20.1. The molecule has 1 heterocycles. The van der Waals surface area contributed by atoms with Gasteiger partial charge in [0.15, 0.2) is 6.29 Å². The molecule has 1 fully saturated rings. The number of ether oxygens (including phenoxy) is 1. The summed E-state index contributed by atoms with van der Waals surface area (Å²) in [6, 6.07) is 0. The third kappa shape index (κ3) is 4.95. The Hall–Kier alpha value is -1.58. The van der Waals surface area contributed by atoms with E-state index in [0.717, 1.165) is 24.7 Å². The molecule has 1 N–H and O–H groups in total. The van der Waals surface area contributed by atoms with Crippen molar-refractivity contribution in [1.82, 2.24) is 4.98 Å². The van der Waals surface area contributed by atoms with Gasteiger partial charge in [-0.15, -0.1) is 0 Å². The number of nitrogens with one attached hydrogen (secondary N) is 1. The first-order chi connectivity index (χ1) is 13.2. The standard InChI is InChI=1S/C25H41NO3/c1-14(2)20-19(13-27)26-16(4)21(20)23(28)29-22-17(24(5,6)7)11-15(3)12-18(22)25(8,9)10/h13-15,17-18,22,26H,11-12H2,1-10H3. The highest BCUT2D eigenvalue weighted by molar-refractivity contribution is 5.96. The van der Waals surface area contributed by atoms with Crippen molar-refractivity contribution < 1.29 is 14.3 Å². The van der Waals surface area contributed by atoms with E-state index in [2.05, 4.69) is 53.5 Å². The van der Waals surface area contributed by atoms with Gasteiger partial charge in [-0.1, -0.05) is 62.3 Å². The van der Waals surface area contributed by atoms with E-state index in [-0.39, 0.29) is 28.8 Å². The Morgan fingerprint density at radius 2 is 1.55 bits per heavy atom. The Morgan fingerprint density at radius 1 is 1.07 bits per heavy atom. The molecule has 0 saturated heterocycles. The Labute approximate surface area is 177 Å². The maximum absolute atomic E-state index is 13.5. The van der Waals surface area contributed by atoms with Crippen LogP contribution < -0.4 is 0 Å².